The summed E-state index contributed by atoms with van der Waals surface area (Å²) in [6.45, 7) is 2.47. The average Bonchev–Trinajstić information content (AvgIpc) is 2.79. The Kier molecular flexibility index (Phi) is 8.94. The van der Waals surface area contributed by atoms with Gasteiger partial charge in [-0.2, -0.15) is 0 Å². The molecule has 172 valence electrons. The van der Waals surface area contributed by atoms with Gasteiger partial charge in [-0.15, -0.1) is 11.6 Å². The van der Waals surface area contributed by atoms with E-state index in [0.717, 1.165) is 31.2 Å². The lowest BCUT2D eigenvalue weighted by Crippen LogP contribution is -2.48. The predicted molar refractivity (Wildman–Crippen MR) is 126 cm³/mol. The number of benzene rings is 2. The first-order chi connectivity index (χ1) is 15.4. The molecule has 0 aliphatic heterocycles. The zero-order valence-electron chi connectivity index (χ0n) is 18.2. The number of hydrogen-bond donors (Lipinski definition) is 1. The van der Waals surface area contributed by atoms with Crippen LogP contribution in [0.4, 0.5) is 4.39 Å². The topological polar surface area (TPSA) is 49.4 Å². The zero-order chi connectivity index (χ0) is 23.1. The van der Waals surface area contributed by atoms with Gasteiger partial charge in [0.2, 0.25) is 11.8 Å². The smallest absolute Gasteiger partial charge is 0.247 e. The first-order valence-electron chi connectivity index (χ1n) is 11.0. The van der Waals surface area contributed by atoms with E-state index in [0.29, 0.717) is 22.9 Å². The molecule has 32 heavy (non-hydrogen) atoms. The van der Waals surface area contributed by atoms with Crippen LogP contribution in [-0.4, -0.2) is 35.2 Å². The van der Waals surface area contributed by atoms with E-state index in [1.807, 2.05) is 18.2 Å². The van der Waals surface area contributed by atoms with Gasteiger partial charge in [-0.1, -0.05) is 48.9 Å². The number of nitrogens with zero attached hydrogens (tertiary/aromatic N) is 1. The fraction of sp³-hybridized carbons (Fsp3) is 0.440. The molecule has 2 aromatic rings. The normalized spacial score (nSPS) is 19.2. The highest BCUT2D eigenvalue weighted by molar-refractivity contribution is 6.31. The molecule has 1 atom stereocenters. The molecule has 0 heterocycles. The van der Waals surface area contributed by atoms with Crippen LogP contribution in [0.25, 0.3) is 0 Å². The standard InChI is InChI=1S/C25H29Cl2FN2O2/c1-17-6-12-21(13-7-17)29-25(32)24(19-8-10-20(28)11-9-19)30(23(31)16-26)15-14-18-4-2-3-5-22(18)27/h2-5,8-11,17,21,24H,6-7,12-16H2,1H3,(H,29,32). The number of alkyl halides is 1. The van der Waals surface area contributed by atoms with E-state index < -0.39 is 11.9 Å². The first kappa shape index (κ1) is 24.5. The minimum Gasteiger partial charge on any atom is -0.351 e. The van der Waals surface area contributed by atoms with Gasteiger partial charge in [0.15, 0.2) is 0 Å². The molecular weight excluding hydrogens is 450 g/mol. The van der Waals surface area contributed by atoms with Gasteiger partial charge in [0.25, 0.3) is 0 Å². The van der Waals surface area contributed by atoms with Crippen LogP contribution in [0.3, 0.4) is 0 Å². The molecule has 1 fully saturated rings. The molecule has 1 saturated carbocycles. The summed E-state index contributed by atoms with van der Waals surface area (Å²) < 4.78 is 13.6. The quantitative estimate of drug-likeness (QED) is 0.507. The Morgan fingerprint density at radius 2 is 1.75 bits per heavy atom. The molecule has 1 aliphatic rings. The number of carbonyl (C=O) groups excluding carboxylic acids is 2. The lowest BCUT2D eigenvalue weighted by Gasteiger charge is -2.34. The monoisotopic (exact) mass is 478 g/mol. The second-order valence-electron chi connectivity index (χ2n) is 8.48. The summed E-state index contributed by atoms with van der Waals surface area (Å²) in [6.07, 6.45) is 4.40. The summed E-state index contributed by atoms with van der Waals surface area (Å²) >= 11 is 12.2. The molecule has 0 saturated heterocycles. The molecular formula is C25H29Cl2FN2O2. The highest BCUT2D eigenvalue weighted by Gasteiger charge is 2.33. The van der Waals surface area contributed by atoms with E-state index in [-0.39, 0.29) is 30.3 Å². The van der Waals surface area contributed by atoms with Gasteiger partial charge in [0.05, 0.1) is 0 Å². The van der Waals surface area contributed by atoms with Gasteiger partial charge in [-0.05, 0) is 67.3 Å². The molecule has 4 nitrogen and oxygen atoms in total. The maximum Gasteiger partial charge on any atom is 0.247 e. The molecule has 2 aromatic carbocycles. The molecule has 3 rings (SSSR count). The number of amides is 2. The van der Waals surface area contributed by atoms with Crippen molar-refractivity contribution in [3.8, 4) is 0 Å². The van der Waals surface area contributed by atoms with Crippen molar-refractivity contribution in [3.63, 3.8) is 0 Å². The minimum atomic E-state index is -0.899. The van der Waals surface area contributed by atoms with Crippen LogP contribution >= 0.6 is 23.2 Å². The highest BCUT2D eigenvalue weighted by atomic mass is 35.5. The van der Waals surface area contributed by atoms with Crippen molar-refractivity contribution in [2.75, 3.05) is 12.4 Å². The van der Waals surface area contributed by atoms with E-state index in [1.54, 1.807) is 18.2 Å². The van der Waals surface area contributed by atoms with Gasteiger partial charge >= 0.3 is 0 Å². The van der Waals surface area contributed by atoms with Gasteiger partial charge in [-0.3, -0.25) is 9.59 Å². The third kappa shape index (κ3) is 6.46. The highest BCUT2D eigenvalue weighted by Crippen LogP contribution is 2.27. The van der Waals surface area contributed by atoms with E-state index >= 15 is 0 Å². The van der Waals surface area contributed by atoms with Crippen LogP contribution < -0.4 is 5.32 Å². The fourth-order valence-corrected chi connectivity index (χ4v) is 4.60. The van der Waals surface area contributed by atoms with Crippen LogP contribution in [0.15, 0.2) is 48.5 Å². The average molecular weight is 479 g/mol. The van der Waals surface area contributed by atoms with Crippen LogP contribution in [0.5, 0.6) is 0 Å². The van der Waals surface area contributed by atoms with Crippen LogP contribution in [0.2, 0.25) is 5.02 Å². The van der Waals surface area contributed by atoms with Crippen LogP contribution in [0, 0.1) is 11.7 Å². The maximum atomic E-state index is 13.6. The molecule has 0 bridgehead atoms. The number of halogens is 3. The summed E-state index contributed by atoms with van der Waals surface area (Å²) in [4.78, 5) is 27.8. The molecule has 0 aromatic heterocycles. The van der Waals surface area contributed by atoms with E-state index in [9.17, 15) is 14.0 Å². The largest absolute Gasteiger partial charge is 0.351 e. The Morgan fingerprint density at radius 1 is 1.09 bits per heavy atom. The summed E-state index contributed by atoms with van der Waals surface area (Å²) in [5, 5.41) is 3.73. The van der Waals surface area contributed by atoms with E-state index in [1.165, 1.54) is 17.0 Å². The molecule has 1 aliphatic carbocycles. The number of carbonyl (C=O) groups is 2. The van der Waals surface area contributed by atoms with Gasteiger partial charge in [0.1, 0.15) is 17.7 Å². The Balaban J connectivity index is 1.86. The van der Waals surface area contributed by atoms with Crippen molar-refractivity contribution in [1.82, 2.24) is 10.2 Å². The number of nitrogens with one attached hydrogen (secondary N) is 1. The van der Waals surface area contributed by atoms with Gasteiger partial charge in [-0.25, -0.2) is 4.39 Å². The maximum absolute atomic E-state index is 13.6. The molecule has 1 N–H and O–H groups in total. The minimum absolute atomic E-state index is 0.0677. The second-order valence-corrected chi connectivity index (χ2v) is 9.16. The van der Waals surface area contributed by atoms with Crippen LogP contribution in [-0.2, 0) is 16.0 Å². The third-order valence-electron chi connectivity index (χ3n) is 6.12. The van der Waals surface area contributed by atoms with E-state index in [2.05, 4.69) is 12.2 Å². The Bertz CT molecular complexity index is 914. The third-order valence-corrected chi connectivity index (χ3v) is 6.72. The summed E-state index contributed by atoms with van der Waals surface area (Å²) in [5.41, 5.74) is 1.42. The zero-order valence-corrected chi connectivity index (χ0v) is 19.7. The molecule has 0 radical (unpaired) electrons. The van der Waals surface area contributed by atoms with Crippen molar-refractivity contribution in [2.45, 2.75) is 51.1 Å². The number of rotatable bonds is 8. The summed E-state index contributed by atoms with van der Waals surface area (Å²) in [7, 11) is 0. The Labute approximate surface area is 199 Å². The fourth-order valence-electron chi connectivity index (χ4n) is 4.22. The van der Waals surface area contributed by atoms with Gasteiger partial charge < -0.3 is 10.2 Å². The van der Waals surface area contributed by atoms with Crippen molar-refractivity contribution < 1.29 is 14.0 Å². The van der Waals surface area contributed by atoms with E-state index in [4.69, 9.17) is 23.2 Å². The summed E-state index contributed by atoms with van der Waals surface area (Å²) in [5.74, 6) is -0.634. The Morgan fingerprint density at radius 3 is 2.38 bits per heavy atom. The molecule has 0 spiro atoms. The predicted octanol–water partition coefficient (Wildman–Crippen LogP) is 5.53. The van der Waals surface area contributed by atoms with Crippen molar-refractivity contribution in [3.05, 3.63) is 70.5 Å². The van der Waals surface area contributed by atoms with Crippen molar-refractivity contribution in [2.24, 2.45) is 5.92 Å². The molecule has 7 heteroatoms. The lowest BCUT2D eigenvalue weighted by molar-refractivity contribution is -0.139. The van der Waals surface area contributed by atoms with Crippen LogP contribution in [0.1, 0.15) is 49.8 Å². The van der Waals surface area contributed by atoms with Crippen molar-refractivity contribution >= 4 is 35.0 Å². The molecule has 1 unspecified atom stereocenters. The number of hydrogen-bond acceptors (Lipinski definition) is 2. The van der Waals surface area contributed by atoms with Crippen molar-refractivity contribution in [1.29, 1.82) is 0 Å². The Hall–Kier alpha value is -2.11. The first-order valence-corrected chi connectivity index (χ1v) is 11.9. The second kappa shape index (κ2) is 11.7. The summed E-state index contributed by atoms with van der Waals surface area (Å²) in [6, 6.07) is 12.3. The molecule has 2 amide bonds. The lowest BCUT2D eigenvalue weighted by atomic mass is 9.87. The SMILES string of the molecule is CC1CCC(NC(=O)C(c2ccc(F)cc2)N(CCc2ccccc2Cl)C(=O)CCl)CC1. The van der Waals surface area contributed by atoms with Gasteiger partial charge in [0, 0.05) is 17.6 Å².